The monoisotopic (exact) mass is 319 g/mol. The Hall–Kier alpha value is -2.67. The van der Waals surface area contributed by atoms with E-state index in [1.807, 2.05) is 0 Å². The van der Waals surface area contributed by atoms with E-state index in [4.69, 9.17) is 22.1 Å². The average molecular weight is 320 g/mol. The van der Waals surface area contributed by atoms with E-state index in [-0.39, 0.29) is 5.02 Å². The van der Waals surface area contributed by atoms with Gasteiger partial charge in [-0.1, -0.05) is 11.6 Å². The van der Waals surface area contributed by atoms with E-state index in [1.165, 1.54) is 30.0 Å². The van der Waals surface area contributed by atoms with Gasteiger partial charge in [-0.25, -0.2) is 4.39 Å². The Balaban J connectivity index is 2.08. The molecule has 2 N–H and O–H groups in total. The van der Waals surface area contributed by atoms with Crippen molar-refractivity contribution in [2.75, 3.05) is 12.8 Å². The molecule has 0 aliphatic rings. The normalized spacial score (nSPS) is 10.7. The summed E-state index contributed by atoms with van der Waals surface area (Å²) in [4.78, 5) is 0. The van der Waals surface area contributed by atoms with Gasteiger partial charge in [0.25, 0.3) is 0 Å². The van der Waals surface area contributed by atoms with Gasteiger partial charge in [-0.2, -0.15) is 4.68 Å². The lowest BCUT2D eigenvalue weighted by atomic mass is 10.1. The number of ether oxygens (including phenoxy) is 1. The summed E-state index contributed by atoms with van der Waals surface area (Å²) in [6.45, 7) is 0. The molecule has 3 aromatic rings. The smallest absolute Gasteiger partial charge is 0.187 e. The third kappa shape index (κ3) is 2.46. The molecule has 3 rings (SSSR count). The zero-order valence-corrected chi connectivity index (χ0v) is 12.3. The lowest BCUT2D eigenvalue weighted by Crippen LogP contribution is -2.01. The molecule has 0 unspecified atom stereocenters. The van der Waals surface area contributed by atoms with E-state index in [9.17, 15) is 4.39 Å². The number of tetrazole rings is 1. The molecule has 0 atom stereocenters. The van der Waals surface area contributed by atoms with Crippen LogP contribution in [0.1, 0.15) is 0 Å². The number of halogens is 2. The van der Waals surface area contributed by atoms with Crippen molar-refractivity contribution in [2.24, 2.45) is 0 Å². The number of anilines is 1. The lowest BCUT2D eigenvalue weighted by Gasteiger charge is -2.08. The number of methoxy groups -OCH3 is 1. The van der Waals surface area contributed by atoms with E-state index in [1.54, 1.807) is 18.2 Å². The van der Waals surface area contributed by atoms with Gasteiger partial charge < -0.3 is 10.5 Å². The van der Waals surface area contributed by atoms with Gasteiger partial charge in [0.1, 0.15) is 11.6 Å². The molecule has 0 radical (unpaired) electrons. The van der Waals surface area contributed by atoms with Crippen LogP contribution in [-0.4, -0.2) is 27.3 Å². The molecule has 0 spiro atoms. The van der Waals surface area contributed by atoms with Crippen LogP contribution in [0.15, 0.2) is 36.4 Å². The molecule has 22 heavy (non-hydrogen) atoms. The van der Waals surface area contributed by atoms with Gasteiger partial charge in [-0.15, -0.1) is 5.10 Å². The van der Waals surface area contributed by atoms with Crippen molar-refractivity contribution in [3.63, 3.8) is 0 Å². The molecule has 112 valence electrons. The largest absolute Gasteiger partial charge is 0.495 e. The number of hydrogen-bond donors (Lipinski definition) is 1. The third-order valence-electron chi connectivity index (χ3n) is 3.11. The number of rotatable bonds is 3. The summed E-state index contributed by atoms with van der Waals surface area (Å²) >= 11 is 5.80. The zero-order chi connectivity index (χ0) is 15.7. The molecule has 0 aliphatic heterocycles. The second-order valence-corrected chi connectivity index (χ2v) is 4.88. The van der Waals surface area contributed by atoms with Crippen molar-refractivity contribution in [2.45, 2.75) is 0 Å². The number of hydrogen-bond acceptors (Lipinski definition) is 5. The first kappa shape index (κ1) is 14.3. The maximum absolute atomic E-state index is 13.3. The quantitative estimate of drug-likeness (QED) is 0.751. The van der Waals surface area contributed by atoms with Gasteiger partial charge in [0, 0.05) is 5.56 Å². The molecule has 0 fully saturated rings. The van der Waals surface area contributed by atoms with Crippen molar-refractivity contribution < 1.29 is 9.13 Å². The molecule has 0 aliphatic carbocycles. The maximum Gasteiger partial charge on any atom is 0.187 e. The second kappa shape index (κ2) is 5.61. The minimum atomic E-state index is -0.506. The lowest BCUT2D eigenvalue weighted by molar-refractivity contribution is 0.417. The molecule has 6 nitrogen and oxygen atoms in total. The third-order valence-corrected chi connectivity index (χ3v) is 3.39. The number of nitrogens with two attached hydrogens (primary N) is 1. The van der Waals surface area contributed by atoms with E-state index in [0.717, 1.165) is 0 Å². The fourth-order valence-electron chi connectivity index (χ4n) is 2.03. The van der Waals surface area contributed by atoms with Crippen LogP contribution < -0.4 is 10.5 Å². The van der Waals surface area contributed by atoms with Crippen LogP contribution in [0.5, 0.6) is 5.75 Å². The van der Waals surface area contributed by atoms with Crippen molar-refractivity contribution in [3.8, 4) is 22.8 Å². The molecule has 0 saturated heterocycles. The SMILES string of the molecule is COc1ccc(-c2nnnn2-c2ccc(F)c(Cl)c2)cc1N. The van der Waals surface area contributed by atoms with Crippen LogP contribution in [0, 0.1) is 5.82 Å². The summed E-state index contributed by atoms with van der Waals surface area (Å²) in [5.74, 6) is 0.512. The summed E-state index contributed by atoms with van der Waals surface area (Å²) in [6, 6.07) is 9.44. The van der Waals surface area contributed by atoms with Crippen molar-refractivity contribution in [1.82, 2.24) is 20.2 Å². The van der Waals surface area contributed by atoms with E-state index >= 15 is 0 Å². The fraction of sp³-hybridized carbons (Fsp3) is 0.0714. The highest BCUT2D eigenvalue weighted by Crippen LogP contribution is 2.28. The highest BCUT2D eigenvalue weighted by molar-refractivity contribution is 6.30. The van der Waals surface area contributed by atoms with Gasteiger partial charge in [-0.3, -0.25) is 0 Å². The summed E-state index contributed by atoms with van der Waals surface area (Å²) in [5.41, 5.74) is 7.60. The molecular weight excluding hydrogens is 309 g/mol. The van der Waals surface area contributed by atoms with Crippen LogP contribution in [0.4, 0.5) is 10.1 Å². The van der Waals surface area contributed by atoms with Crippen LogP contribution in [0.25, 0.3) is 17.1 Å². The van der Waals surface area contributed by atoms with Crippen LogP contribution >= 0.6 is 11.6 Å². The minimum Gasteiger partial charge on any atom is -0.495 e. The fourth-order valence-corrected chi connectivity index (χ4v) is 2.21. The molecule has 2 aromatic carbocycles. The first-order chi connectivity index (χ1) is 10.6. The summed E-state index contributed by atoms with van der Waals surface area (Å²) in [5, 5.41) is 11.5. The van der Waals surface area contributed by atoms with E-state index in [0.29, 0.717) is 28.5 Å². The Bertz CT molecular complexity index is 836. The Morgan fingerprint density at radius 2 is 2.05 bits per heavy atom. The molecule has 8 heteroatoms. The van der Waals surface area contributed by atoms with Gasteiger partial charge >= 0.3 is 0 Å². The molecular formula is C14H11ClFN5O. The van der Waals surface area contributed by atoms with Crippen LogP contribution in [0.3, 0.4) is 0 Å². The molecule has 1 aromatic heterocycles. The summed E-state index contributed by atoms with van der Waals surface area (Å²) < 4.78 is 19.8. The first-order valence-corrected chi connectivity index (χ1v) is 6.65. The highest BCUT2D eigenvalue weighted by atomic mass is 35.5. The average Bonchev–Trinajstić information content (AvgIpc) is 2.99. The van der Waals surface area contributed by atoms with Gasteiger partial charge in [0.05, 0.1) is 23.5 Å². The van der Waals surface area contributed by atoms with Gasteiger partial charge in [0.2, 0.25) is 0 Å². The minimum absolute atomic E-state index is 0.00630. The zero-order valence-electron chi connectivity index (χ0n) is 11.5. The Labute approximate surface area is 130 Å². The van der Waals surface area contributed by atoms with Crippen LogP contribution in [-0.2, 0) is 0 Å². The first-order valence-electron chi connectivity index (χ1n) is 6.28. The van der Waals surface area contributed by atoms with Gasteiger partial charge in [0.15, 0.2) is 5.82 Å². The second-order valence-electron chi connectivity index (χ2n) is 4.47. The maximum atomic E-state index is 13.3. The van der Waals surface area contributed by atoms with Crippen molar-refractivity contribution >= 4 is 17.3 Å². The van der Waals surface area contributed by atoms with E-state index < -0.39 is 5.82 Å². The highest BCUT2D eigenvalue weighted by Gasteiger charge is 2.13. The van der Waals surface area contributed by atoms with Crippen LogP contribution in [0.2, 0.25) is 5.02 Å². The Morgan fingerprint density at radius 3 is 2.73 bits per heavy atom. The number of aromatic nitrogens is 4. The Morgan fingerprint density at radius 1 is 1.23 bits per heavy atom. The summed E-state index contributed by atoms with van der Waals surface area (Å²) in [7, 11) is 1.54. The summed E-state index contributed by atoms with van der Waals surface area (Å²) in [6.07, 6.45) is 0. The number of nitrogen functional groups attached to an aromatic ring is 1. The van der Waals surface area contributed by atoms with E-state index in [2.05, 4.69) is 15.5 Å². The van der Waals surface area contributed by atoms with Crippen molar-refractivity contribution in [3.05, 3.63) is 47.2 Å². The molecule has 0 amide bonds. The predicted octanol–water partition coefficient (Wildman–Crippen LogP) is 2.71. The number of nitrogens with zero attached hydrogens (tertiary/aromatic N) is 4. The topological polar surface area (TPSA) is 78.9 Å². The standard InChI is InChI=1S/C14H11ClFN5O/c1-22-13-5-2-8(6-12(13)17)14-18-19-20-21(14)9-3-4-11(16)10(15)7-9/h2-7H,17H2,1H3. The van der Waals surface area contributed by atoms with Crippen molar-refractivity contribution in [1.29, 1.82) is 0 Å². The molecule has 1 heterocycles. The predicted molar refractivity (Wildman–Crippen MR) is 80.5 cm³/mol. The Kier molecular flexibility index (Phi) is 3.64. The molecule has 0 saturated carbocycles. The van der Waals surface area contributed by atoms with Gasteiger partial charge in [-0.05, 0) is 46.8 Å². The molecule has 0 bridgehead atoms. The number of benzene rings is 2.